The van der Waals surface area contributed by atoms with E-state index >= 15 is 0 Å². The third-order valence-electron chi connectivity index (χ3n) is 3.80. The number of halogens is 1. The molecule has 2 rings (SSSR count). The summed E-state index contributed by atoms with van der Waals surface area (Å²) in [6, 6.07) is 5.06. The summed E-state index contributed by atoms with van der Waals surface area (Å²) >= 11 is 3.26. The molecule has 8 nitrogen and oxygen atoms in total. The van der Waals surface area contributed by atoms with Gasteiger partial charge >= 0.3 is 5.97 Å². The highest BCUT2D eigenvalue weighted by Gasteiger charge is 2.30. The summed E-state index contributed by atoms with van der Waals surface area (Å²) in [5, 5.41) is 3.86. The molecule has 0 aliphatic heterocycles. The number of carbonyl (C=O) groups is 1. The lowest BCUT2D eigenvalue weighted by Gasteiger charge is -2.20. The van der Waals surface area contributed by atoms with Gasteiger partial charge in [-0.2, -0.15) is 9.71 Å². The van der Waals surface area contributed by atoms with E-state index in [0.29, 0.717) is 5.82 Å². The average Bonchev–Trinajstić information content (AvgIpc) is 3.07. The molecule has 154 valence electrons. The molecule has 1 N–H and O–H groups in total. The van der Waals surface area contributed by atoms with Crippen molar-refractivity contribution in [2.75, 3.05) is 0 Å². The Morgan fingerprint density at radius 3 is 2.36 bits per heavy atom. The van der Waals surface area contributed by atoms with Gasteiger partial charge < -0.3 is 9.26 Å². The van der Waals surface area contributed by atoms with E-state index in [1.165, 1.54) is 12.1 Å². The molecule has 10 heteroatoms. The second kappa shape index (κ2) is 8.71. The normalized spacial score (nSPS) is 13.5. The summed E-state index contributed by atoms with van der Waals surface area (Å²) in [5.74, 6) is -0.400. The standard InChI is InChI=1S/C18H24BrN3O5S/c1-11(2)15(22-28(24,25)13-8-6-12(19)7-9-13)16(23)26-10-14-20-17(21-27-14)18(3,4)5/h6-9,11,15,22H,10H2,1-5H3/t15-/m0/s1. The van der Waals surface area contributed by atoms with Gasteiger partial charge in [-0.05, 0) is 30.2 Å². The Morgan fingerprint density at radius 2 is 1.86 bits per heavy atom. The minimum Gasteiger partial charge on any atom is -0.454 e. The van der Waals surface area contributed by atoms with Crippen LogP contribution in [0, 0.1) is 5.92 Å². The quantitative estimate of drug-likeness (QED) is 0.614. The fourth-order valence-corrected chi connectivity index (χ4v) is 3.74. The summed E-state index contributed by atoms with van der Waals surface area (Å²) < 4.78 is 38.6. The van der Waals surface area contributed by atoms with Gasteiger partial charge in [-0.3, -0.25) is 4.79 Å². The highest BCUT2D eigenvalue weighted by atomic mass is 79.9. The molecule has 0 fully saturated rings. The first-order valence-electron chi connectivity index (χ1n) is 8.68. The molecule has 0 amide bonds. The van der Waals surface area contributed by atoms with Crippen molar-refractivity contribution in [3.63, 3.8) is 0 Å². The zero-order chi connectivity index (χ0) is 21.1. The van der Waals surface area contributed by atoms with Gasteiger partial charge in [-0.25, -0.2) is 8.42 Å². The number of hydrogen-bond acceptors (Lipinski definition) is 7. The fraction of sp³-hybridized carbons (Fsp3) is 0.500. The van der Waals surface area contributed by atoms with Crippen LogP contribution in [0.4, 0.5) is 0 Å². The van der Waals surface area contributed by atoms with Crippen molar-refractivity contribution in [2.45, 2.75) is 57.6 Å². The van der Waals surface area contributed by atoms with E-state index < -0.39 is 22.0 Å². The number of benzene rings is 1. The number of aromatic nitrogens is 2. The van der Waals surface area contributed by atoms with Crippen LogP contribution in [0.5, 0.6) is 0 Å². The summed E-state index contributed by atoms with van der Waals surface area (Å²) in [6.07, 6.45) is 0. The number of sulfonamides is 1. The number of rotatable bonds is 7. The Hall–Kier alpha value is -1.78. The first-order valence-corrected chi connectivity index (χ1v) is 11.0. The first kappa shape index (κ1) is 22.5. The number of ether oxygens (including phenoxy) is 1. The van der Waals surface area contributed by atoms with Crippen LogP contribution in [0.3, 0.4) is 0 Å². The van der Waals surface area contributed by atoms with Gasteiger partial charge in [0.25, 0.3) is 5.89 Å². The van der Waals surface area contributed by atoms with Crippen LogP contribution in [-0.2, 0) is 31.6 Å². The number of carbonyl (C=O) groups excluding carboxylic acids is 1. The minimum atomic E-state index is -3.89. The zero-order valence-electron chi connectivity index (χ0n) is 16.4. The van der Waals surface area contributed by atoms with Crippen molar-refractivity contribution in [1.82, 2.24) is 14.9 Å². The van der Waals surface area contributed by atoms with E-state index in [4.69, 9.17) is 9.26 Å². The lowest BCUT2D eigenvalue weighted by Crippen LogP contribution is -2.45. The zero-order valence-corrected chi connectivity index (χ0v) is 18.8. The maximum Gasteiger partial charge on any atom is 0.324 e. The van der Waals surface area contributed by atoms with Crippen LogP contribution in [-0.4, -0.2) is 30.6 Å². The number of nitrogens with one attached hydrogen (secondary N) is 1. The van der Waals surface area contributed by atoms with E-state index in [1.807, 2.05) is 20.8 Å². The Bertz CT molecular complexity index is 917. The Morgan fingerprint density at radius 1 is 1.25 bits per heavy atom. The third-order valence-corrected chi connectivity index (χ3v) is 5.79. The first-order chi connectivity index (χ1) is 12.9. The van der Waals surface area contributed by atoms with Gasteiger partial charge in [0.1, 0.15) is 6.04 Å². The third kappa shape index (κ3) is 5.86. The van der Waals surface area contributed by atoms with Crippen LogP contribution >= 0.6 is 15.9 Å². The average molecular weight is 474 g/mol. The van der Waals surface area contributed by atoms with Crippen molar-refractivity contribution in [3.05, 3.63) is 40.5 Å². The van der Waals surface area contributed by atoms with Crippen LogP contribution in [0.2, 0.25) is 0 Å². The van der Waals surface area contributed by atoms with Gasteiger partial charge in [0.05, 0.1) is 4.90 Å². The summed E-state index contributed by atoms with van der Waals surface area (Å²) in [4.78, 5) is 16.7. The molecule has 0 aliphatic carbocycles. The van der Waals surface area contributed by atoms with Gasteiger partial charge in [0.15, 0.2) is 12.4 Å². The molecular formula is C18H24BrN3O5S. The van der Waals surface area contributed by atoms with E-state index in [0.717, 1.165) is 4.47 Å². The van der Waals surface area contributed by atoms with Gasteiger partial charge in [0, 0.05) is 9.89 Å². The highest BCUT2D eigenvalue weighted by Crippen LogP contribution is 2.19. The van der Waals surface area contributed by atoms with E-state index in [2.05, 4.69) is 30.8 Å². The molecule has 1 atom stereocenters. The SMILES string of the molecule is CC(C)[C@H](NS(=O)(=O)c1ccc(Br)cc1)C(=O)OCc1nc(C(C)(C)C)no1. The van der Waals surface area contributed by atoms with Crippen molar-refractivity contribution >= 4 is 31.9 Å². The smallest absolute Gasteiger partial charge is 0.324 e. The van der Waals surface area contributed by atoms with Crippen LogP contribution in [0.25, 0.3) is 0 Å². The second-order valence-corrected chi connectivity index (χ2v) is 10.3. The van der Waals surface area contributed by atoms with E-state index in [9.17, 15) is 13.2 Å². The molecular weight excluding hydrogens is 450 g/mol. The molecule has 0 bridgehead atoms. The molecule has 0 spiro atoms. The Labute approximate surface area is 173 Å². The monoisotopic (exact) mass is 473 g/mol. The van der Waals surface area contributed by atoms with Crippen molar-refractivity contribution in [3.8, 4) is 0 Å². The van der Waals surface area contributed by atoms with E-state index in [-0.39, 0.29) is 28.7 Å². The predicted octanol–water partition coefficient (Wildman–Crippen LogP) is 3.18. The van der Waals surface area contributed by atoms with Gasteiger partial charge in [0.2, 0.25) is 10.0 Å². The molecule has 0 unspecified atom stereocenters. The molecule has 0 radical (unpaired) electrons. The lowest BCUT2D eigenvalue weighted by atomic mass is 9.96. The van der Waals surface area contributed by atoms with E-state index in [1.54, 1.807) is 26.0 Å². The second-order valence-electron chi connectivity index (χ2n) is 7.67. The summed E-state index contributed by atoms with van der Waals surface area (Å²) in [5.41, 5.74) is -0.299. The molecule has 0 aliphatic rings. The maximum absolute atomic E-state index is 12.6. The Kier molecular flexibility index (Phi) is 7.00. The van der Waals surface area contributed by atoms with Crippen LogP contribution in [0.15, 0.2) is 38.2 Å². The van der Waals surface area contributed by atoms with Gasteiger partial charge in [-0.15, -0.1) is 0 Å². The predicted molar refractivity (Wildman–Crippen MR) is 106 cm³/mol. The topological polar surface area (TPSA) is 111 Å². The molecule has 1 aromatic heterocycles. The molecule has 1 aromatic carbocycles. The summed E-state index contributed by atoms with van der Waals surface area (Å²) in [7, 11) is -3.89. The highest BCUT2D eigenvalue weighted by molar-refractivity contribution is 9.10. The van der Waals surface area contributed by atoms with Crippen molar-refractivity contribution in [2.24, 2.45) is 5.92 Å². The van der Waals surface area contributed by atoms with Crippen molar-refractivity contribution in [1.29, 1.82) is 0 Å². The number of esters is 1. The molecule has 0 saturated heterocycles. The molecule has 0 saturated carbocycles. The largest absolute Gasteiger partial charge is 0.454 e. The lowest BCUT2D eigenvalue weighted by molar-refractivity contribution is -0.148. The van der Waals surface area contributed by atoms with Crippen LogP contribution < -0.4 is 4.72 Å². The van der Waals surface area contributed by atoms with Gasteiger partial charge in [-0.1, -0.05) is 55.7 Å². The van der Waals surface area contributed by atoms with Crippen LogP contribution in [0.1, 0.15) is 46.3 Å². The Balaban J connectivity index is 2.07. The maximum atomic E-state index is 12.6. The molecule has 28 heavy (non-hydrogen) atoms. The number of hydrogen-bond donors (Lipinski definition) is 1. The molecule has 2 aromatic rings. The van der Waals surface area contributed by atoms with Crippen molar-refractivity contribution < 1.29 is 22.5 Å². The fourth-order valence-electron chi connectivity index (χ4n) is 2.15. The minimum absolute atomic E-state index is 0.0564. The summed E-state index contributed by atoms with van der Waals surface area (Å²) in [6.45, 7) is 9.00. The molecule has 1 heterocycles. The number of nitrogens with zero attached hydrogens (tertiary/aromatic N) is 2.